The van der Waals surface area contributed by atoms with Crippen LogP contribution in [0.2, 0.25) is 0 Å². The molecule has 0 radical (unpaired) electrons. The van der Waals surface area contributed by atoms with E-state index in [1.165, 1.54) is 0 Å². The highest BCUT2D eigenvalue weighted by molar-refractivity contribution is 7.15. The third-order valence-electron chi connectivity index (χ3n) is 3.28. The number of aromatic nitrogens is 4. The molecule has 21 heavy (non-hydrogen) atoms. The minimum Gasteiger partial charge on any atom is -0.348 e. The first-order chi connectivity index (χ1) is 10.2. The summed E-state index contributed by atoms with van der Waals surface area (Å²) in [5.74, 6) is 0.0472. The zero-order valence-electron chi connectivity index (χ0n) is 11.8. The number of fused-ring (bicyclic) bond motifs is 1. The Kier molecular flexibility index (Phi) is 4.01. The zero-order valence-corrected chi connectivity index (χ0v) is 12.6. The SMILES string of the molecule is CC(NC(=O)CCCn1cccn1)c1cn2ccsc2n1. The van der Waals surface area contributed by atoms with Crippen molar-refractivity contribution in [1.29, 1.82) is 0 Å². The van der Waals surface area contributed by atoms with Crippen molar-refractivity contribution >= 4 is 22.2 Å². The lowest BCUT2D eigenvalue weighted by molar-refractivity contribution is -0.121. The van der Waals surface area contributed by atoms with E-state index in [0.717, 1.165) is 23.6 Å². The molecule has 0 fully saturated rings. The minimum absolute atomic E-state index is 0.0472. The van der Waals surface area contributed by atoms with Gasteiger partial charge in [0.05, 0.1) is 11.7 Å². The van der Waals surface area contributed by atoms with Crippen molar-refractivity contribution in [2.24, 2.45) is 0 Å². The maximum Gasteiger partial charge on any atom is 0.220 e. The van der Waals surface area contributed by atoms with Crippen molar-refractivity contribution in [1.82, 2.24) is 24.5 Å². The normalized spacial score (nSPS) is 12.6. The van der Waals surface area contributed by atoms with E-state index in [-0.39, 0.29) is 11.9 Å². The van der Waals surface area contributed by atoms with Gasteiger partial charge in [-0.15, -0.1) is 11.3 Å². The van der Waals surface area contributed by atoms with E-state index in [1.54, 1.807) is 17.5 Å². The van der Waals surface area contributed by atoms with Crippen LogP contribution in [-0.4, -0.2) is 25.1 Å². The van der Waals surface area contributed by atoms with Gasteiger partial charge in [0.25, 0.3) is 0 Å². The highest BCUT2D eigenvalue weighted by atomic mass is 32.1. The lowest BCUT2D eigenvalue weighted by Crippen LogP contribution is -2.26. The van der Waals surface area contributed by atoms with E-state index in [0.29, 0.717) is 6.42 Å². The van der Waals surface area contributed by atoms with Gasteiger partial charge >= 0.3 is 0 Å². The van der Waals surface area contributed by atoms with Gasteiger partial charge < -0.3 is 5.32 Å². The van der Waals surface area contributed by atoms with Crippen LogP contribution in [0.3, 0.4) is 0 Å². The molecule has 0 aromatic carbocycles. The molecule has 0 aliphatic heterocycles. The largest absolute Gasteiger partial charge is 0.348 e. The second-order valence-electron chi connectivity index (χ2n) is 4.92. The maximum atomic E-state index is 11.9. The molecular weight excluding hydrogens is 286 g/mol. The molecule has 6 nitrogen and oxygen atoms in total. The van der Waals surface area contributed by atoms with Crippen molar-refractivity contribution in [2.75, 3.05) is 0 Å². The number of rotatable bonds is 6. The highest BCUT2D eigenvalue weighted by Gasteiger charge is 2.13. The lowest BCUT2D eigenvalue weighted by atomic mass is 10.2. The van der Waals surface area contributed by atoms with Gasteiger partial charge in [-0.3, -0.25) is 13.9 Å². The third-order valence-corrected chi connectivity index (χ3v) is 4.05. The van der Waals surface area contributed by atoms with Crippen molar-refractivity contribution in [3.8, 4) is 0 Å². The van der Waals surface area contributed by atoms with Crippen LogP contribution in [0.25, 0.3) is 4.96 Å². The van der Waals surface area contributed by atoms with Crippen molar-refractivity contribution in [3.63, 3.8) is 0 Å². The van der Waals surface area contributed by atoms with Crippen LogP contribution in [0.1, 0.15) is 31.5 Å². The van der Waals surface area contributed by atoms with Crippen molar-refractivity contribution < 1.29 is 4.79 Å². The molecular formula is C14H17N5OS. The van der Waals surface area contributed by atoms with Gasteiger partial charge in [0.2, 0.25) is 5.91 Å². The topological polar surface area (TPSA) is 64.2 Å². The van der Waals surface area contributed by atoms with E-state index >= 15 is 0 Å². The molecule has 0 aliphatic rings. The number of thiazole rings is 1. The Balaban J connectivity index is 1.48. The molecule has 3 heterocycles. The van der Waals surface area contributed by atoms with Crippen LogP contribution < -0.4 is 5.32 Å². The lowest BCUT2D eigenvalue weighted by Gasteiger charge is -2.11. The fraction of sp³-hybridized carbons (Fsp3) is 0.357. The Labute approximate surface area is 126 Å². The smallest absolute Gasteiger partial charge is 0.220 e. The van der Waals surface area contributed by atoms with Crippen LogP contribution in [0.5, 0.6) is 0 Å². The summed E-state index contributed by atoms with van der Waals surface area (Å²) in [6.45, 7) is 2.72. The van der Waals surface area contributed by atoms with E-state index in [4.69, 9.17) is 0 Å². The van der Waals surface area contributed by atoms with Gasteiger partial charge in [-0.1, -0.05) is 0 Å². The summed E-state index contributed by atoms with van der Waals surface area (Å²) in [7, 11) is 0. The van der Waals surface area contributed by atoms with E-state index in [2.05, 4.69) is 15.4 Å². The number of hydrogen-bond acceptors (Lipinski definition) is 4. The van der Waals surface area contributed by atoms with Crippen LogP contribution >= 0.6 is 11.3 Å². The van der Waals surface area contributed by atoms with Gasteiger partial charge in [-0.25, -0.2) is 4.98 Å². The maximum absolute atomic E-state index is 11.9. The summed E-state index contributed by atoms with van der Waals surface area (Å²) in [6.07, 6.45) is 8.84. The van der Waals surface area contributed by atoms with Gasteiger partial charge in [0.15, 0.2) is 4.96 Å². The Morgan fingerprint density at radius 1 is 1.48 bits per heavy atom. The molecule has 0 bridgehead atoms. The molecule has 110 valence electrons. The summed E-state index contributed by atoms with van der Waals surface area (Å²) < 4.78 is 3.81. The summed E-state index contributed by atoms with van der Waals surface area (Å²) >= 11 is 1.59. The number of carbonyl (C=O) groups excluding carboxylic acids is 1. The summed E-state index contributed by atoms with van der Waals surface area (Å²) in [5.41, 5.74) is 0.891. The van der Waals surface area contributed by atoms with E-state index in [9.17, 15) is 4.79 Å². The first kappa shape index (κ1) is 13.8. The summed E-state index contributed by atoms with van der Waals surface area (Å²) in [5, 5.41) is 9.09. The molecule has 1 N–H and O–H groups in total. The van der Waals surface area contributed by atoms with Crippen LogP contribution in [0.15, 0.2) is 36.2 Å². The number of aryl methyl sites for hydroxylation is 1. The fourth-order valence-corrected chi connectivity index (χ4v) is 2.88. The first-order valence-electron chi connectivity index (χ1n) is 6.91. The van der Waals surface area contributed by atoms with Gasteiger partial charge in [0.1, 0.15) is 0 Å². The molecule has 1 amide bonds. The molecule has 0 saturated carbocycles. The molecule has 3 rings (SSSR count). The average Bonchev–Trinajstić information content (AvgIpc) is 3.14. The molecule has 3 aromatic heterocycles. The predicted octanol–water partition coefficient (Wildman–Crippen LogP) is 2.25. The number of nitrogens with zero attached hydrogens (tertiary/aromatic N) is 4. The Hall–Kier alpha value is -2.15. The second kappa shape index (κ2) is 6.09. The van der Waals surface area contributed by atoms with Crippen molar-refractivity contribution in [3.05, 3.63) is 41.9 Å². The molecule has 0 aliphatic carbocycles. The Bertz CT molecular complexity index is 686. The summed E-state index contributed by atoms with van der Waals surface area (Å²) in [4.78, 5) is 17.4. The zero-order chi connectivity index (χ0) is 14.7. The molecule has 0 spiro atoms. The number of hydrogen-bond donors (Lipinski definition) is 1. The predicted molar refractivity (Wildman–Crippen MR) is 81.1 cm³/mol. The molecule has 1 unspecified atom stereocenters. The molecule has 0 saturated heterocycles. The number of carbonyl (C=O) groups is 1. The Morgan fingerprint density at radius 2 is 2.38 bits per heavy atom. The quantitative estimate of drug-likeness (QED) is 0.759. The number of amides is 1. The van der Waals surface area contributed by atoms with Crippen LogP contribution in [0.4, 0.5) is 0 Å². The van der Waals surface area contributed by atoms with Gasteiger partial charge in [-0.2, -0.15) is 5.10 Å². The highest BCUT2D eigenvalue weighted by Crippen LogP contribution is 2.16. The third kappa shape index (κ3) is 3.30. The van der Waals surface area contributed by atoms with Crippen LogP contribution in [-0.2, 0) is 11.3 Å². The number of nitrogens with one attached hydrogen (secondary N) is 1. The summed E-state index contributed by atoms with van der Waals surface area (Å²) in [6, 6.07) is 1.81. The minimum atomic E-state index is -0.0747. The standard InChI is InChI=1S/C14H17N5OS/c1-11(12-10-18-8-9-21-14(18)17-12)16-13(20)4-2-6-19-7-3-5-15-19/h3,5,7-11H,2,4,6H2,1H3,(H,16,20). The van der Waals surface area contributed by atoms with Crippen molar-refractivity contribution in [2.45, 2.75) is 32.4 Å². The molecule has 3 aromatic rings. The molecule has 1 atom stereocenters. The van der Waals surface area contributed by atoms with Gasteiger partial charge in [-0.05, 0) is 19.4 Å². The second-order valence-corrected chi connectivity index (χ2v) is 5.79. The first-order valence-corrected chi connectivity index (χ1v) is 7.79. The fourth-order valence-electron chi connectivity index (χ4n) is 2.18. The van der Waals surface area contributed by atoms with Crippen LogP contribution in [0, 0.1) is 0 Å². The average molecular weight is 303 g/mol. The Morgan fingerprint density at radius 3 is 3.14 bits per heavy atom. The number of imidazole rings is 1. The molecule has 7 heteroatoms. The van der Waals surface area contributed by atoms with E-state index in [1.807, 2.05) is 46.0 Å². The van der Waals surface area contributed by atoms with Gasteiger partial charge in [0, 0.05) is 43.1 Å². The monoisotopic (exact) mass is 303 g/mol. The van der Waals surface area contributed by atoms with E-state index < -0.39 is 0 Å².